The van der Waals surface area contributed by atoms with E-state index in [1.807, 2.05) is 17.8 Å². The Hall–Kier alpha value is -3.40. The molecule has 0 saturated carbocycles. The maximum absolute atomic E-state index is 13.7. The molecule has 0 unspecified atom stereocenters. The summed E-state index contributed by atoms with van der Waals surface area (Å²) in [5.41, 5.74) is -2.70. The molecule has 0 aliphatic carbocycles. The molecule has 10 heteroatoms. The molecule has 39 heavy (non-hydrogen) atoms. The average Bonchev–Trinajstić information content (AvgIpc) is 2.91. The maximum atomic E-state index is 13.7. The van der Waals surface area contributed by atoms with Crippen molar-refractivity contribution in [2.75, 3.05) is 0 Å². The Morgan fingerprint density at radius 1 is 0.462 bits per heavy atom. The lowest BCUT2D eigenvalue weighted by atomic mass is 9.99. The van der Waals surface area contributed by atoms with E-state index < -0.39 is 69.0 Å². The van der Waals surface area contributed by atoms with Crippen molar-refractivity contribution in [2.45, 2.75) is 37.3 Å². The highest BCUT2D eigenvalue weighted by Gasteiger charge is 2.33. The molecule has 0 aromatic heterocycles. The van der Waals surface area contributed by atoms with E-state index in [4.69, 9.17) is 0 Å². The number of halogens is 9. The quantitative estimate of drug-likeness (QED) is 0.102. The molecule has 0 aliphatic rings. The van der Waals surface area contributed by atoms with Crippen LogP contribution in [0.1, 0.15) is 26.3 Å². The minimum atomic E-state index is -2.59. The summed E-state index contributed by atoms with van der Waals surface area (Å²) in [4.78, 5) is 1.33. The van der Waals surface area contributed by atoms with E-state index in [-0.39, 0.29) is 4.75 Å². The van der Waals surface area contributed by atoms with Gasteiger partial charge in [0.05, 0.1) is 11.1 Å². The fourth-order valence-electron chi connectivity index (χ4n) is 3.48. The Morgan fingerprint density at radius 3 is 1.23 bits per heavy atom. The Balaban J connectivity index is 0.000000223. The van der Waals surface area contributed by atoms with E-state index in [1.54, 1.807) is 0 Å². The summed E-state index contributed by atoms with van der Waals surface area (Å²) in [6.07, 6.45) is 0. The highest BCUT2D eigenvalue weighted by molar-refractivity contribution is 8.00. The minimum absolute atomic E-state index is 0.272. The summed E-state index contributed by atoms with van der Waals surface area (Å²) >= 11 is 1.90. The first-order chi connectivity index (χ1) is 18.2. The number of hydrogen-bond acceptors (Lipinski definition) is 1. The molecule has 4 rings (SSSR count). The normalized spacial score (nSPS) is 11.3. The lowest BCUT2D eigenvalue weighted by molar-refractivity contribution is 0.379. The van der Waals surface area contributed by atoms with Crippen LogP contribution in [0.5, 0.6) is 0 Å². The van der Waals surface area contributed by atoms with Crippen molar-refractivity contribution >= 4 is 11.8 Å². The molecule has 0 amide bonds. The molecule has 4 aromatic rings. The fourth-order valence-corrected chi connectivity index (χ4v) is 4.46. The topological polar surface area (TPSA) is 0 Å². The van der Waals surface area contributed by atoms with Crippen LogP contribution in [0.25, 0.3) is 22.3 Å². The van der Waals surface area contributed by atoms with Gasteiger partial charge in [-0.2, -0.15) is 0 Å². The van der Waals surface area contributed by atoms with Crippen LogP contribution in [0.4, 0.5) is 39.5 Å². The van der Waals surface area contributed by atoms with E-state index >= 15 is 0 Å². The van der Waals surface area contributed by atoms with Crippen molar-refractivity contribution in [3.8, 4) is 22.3 Å². The van der Waals surface area contributed by atoms with Crippen LogP contribution in [0.3, 0.4) is 0 Å². The molecule has 0 saturated heterocycles. The first kappa shape index (κ1) is 30.1. The van der Waals surface area contributed by atoms with E-state index in [2.05, 4.69) is 69.3 Å². The third-order valence-electron chi connectivity index (χ3n) is 5.33. The zero-order valence-corrected chi connectivity index (χ0v) is 21.8. The third kappa shape index (κ3) is 6.43. The van der Waals surface area contributed by atoms with Gasteiger partial charge in [-0.1, -0.05) is 63.2 Å². The molecule has 0 atom stereocenters. The second kappa shape index (κ2) is 11.8. The lowest BCUT2D eigenvalue weighted by Crippen LogP contribution is -2.09. The molecule has 4 aromatic carbocycles. The van der Waals surface area contributed by atoms with Crippen molar-refractivity contribution in [1.29, 1.82) is 0 Å². The van der Waals surface area contributed by atoms with E-state index in [0.29, 0.717) is 6.92 Å². The van der Waals surface area contributed by atoms with E-state index in [9.17, 15) is 39.5 Å². The summed E-state index contributed by atoms with van der Waals surface area (Å²) in [5, 5.41) is 0. The van der Waals surface area contributed by atoms with Gasteiger partial charge in [0, 0.05) is 15.2 Å². The van der Waals surface area contributed by atoms with Crippen LogP contribution in [-0.2, 0) is 0 Å². The predicted molar refractivity (Wildman–Crippen MR) is 134 cm³/mol. The van der Waals surface area contributed by atoms with Crippen LogP contribution in [0.2, 0.25) is 0 Å². The summed E-state index contributed by atoms with van der Waals surface area (Å²) in [7, 11) is 0. The van der Waals surface area contributed by atoms with Crippen molar-refractivity contribution < 1.29 is 39.5 Å². The number of benzene rings is 4. The Morgan fingerprint density at radius 2 is 0.821 bits per heavy atom. The first-order valence-corrected chi connectivity index (χ1v) is 12.2. The molecule has 0 fully saturated rings. The third-order valence-corrected chi connectivity index (χ3v) is 6.45. The van der Waals surface area contributed by atoms with Gasteiger partial charge in [0.25, 0.3) is 0 Å². The van der Waals surface area contributed by atoms with Crippen LogP contribution in [0.15, 0.2) is 59.5 Å². The molecule has 0 heterocycles. The number of rotatable bonds is 3. The Kier molecular flexibility index (Phi) is 9.10. The van der Waals surface area contributed by atoms with Gasteiger partial charge in [-0.3, -0.25) is 0 Å². The molecule has 0 nitrogen and oxygen atoms in total. The van der Waals surface area contributed by atoms with Crippen molar-refractivity contribution in [1.82, 2.24) is 0 Å². The van der Waals surface area contributed by atoms with Crippen LogP contribution >= 0.6 is 11.8 Å². The lowest BCUT2D eigenvalue weighted by Gasteiger charge is -2.17. The number of hydrogen-bond donors (Lipinski definition) is 0. The van der Waals surface area contributed by atoms with Gasteiger partial charge in [-0.05, 0) is 30.2 Å². The molecular formula is C29H21F9S. The van der Waals surface area contributed by atoms with E-state index in [0.717, 1.165) is 0 Å². The van der Waals surface area contributed by atoms with Crippen LogP contribution < -0.4 is 0 Å². The van der Waals surface area contributed by atoms with E-state index in [1.165, 1.54) is 16.0 Å². The largest absolute Gasteiger partial charge is 0.203 e. The standard InChI is InChI=1S/C16H18S.C13H3F9/c1-16(2,3)17-15-11-9-14(10-12-15)13-7-5-4-6-8-13;1-2-5(14)7(16)3(8(17)6(2)15)4-9(18)11(20)13(22)12(21)10(4)19/h4-12H,1-3H3;1H3. The smallest absolute Gasteiger partial charge is 0.200 e. The van der Waals surface area contributed by atoms with Gasteiger partial charge in [-0.25, -0.2) is 39.5 Å². The first-order valence-electron chi connectivity index (χ1n) is 11.3. The predicted octanol–water partition coefficient (Wildman–Crippen LogP) is 10.2. The number of thioether (sulfide) groups is 1. The van der Waals surface area contributed by atoms with Gasteiger partial charge in [0.1, 0.15) is 0 Å². The van der Waals surface area contributed by atoms with Crippen LogP contribution in [-0.4, -0.2) is 4.75 Å². The molecule has 0 N–H and O–H groups in total. The zero-order valence-electron chi connectivity index (χ0n) is 21.0. The fraction of sp³-hybridized carbons (Fsp3) is 0.172. The van der Waals surface area contributed by atoms with Crippen LogP contribution in [0, 0.1) is 59.3 Å². The second-order valence-corrected chi connectivity index (χ2v) is 11.2. The van der Waals surface area contributed by atoms with Gasteiger partial charge in [0.15, 0.2) is 46.5 Å². The zero-order chi connectivity index (χ0) is 29.2. The highest BCUT2D eigenvalue weighted by atomic mass is 32.2. The second-order valence-electron chi connectivity index (χ2n) is 9.31. The van der Waals surface area contributed by atoms with Crippen molar-refractivity contribution in [3.05, 3.63) is 113 Å². The molecule has 0 bridgehead atoms. The van der Waals surface area contributed by atoms with Gasteiger partial charge in [0.2, 0.25) is 5.82 Å². The summed E-state index contributed by atoms with van der Waals surface area (Å²) < 4.78 is 120. The van der Waals surface area contributed by atoms with Crippen molar-refractivity contribution in [2.24, 2.45) is 0 Å². The Bertz CT molecular complexity index is 1370. The summed E-state index contributed by atoms with van der Waals surface area (Å²) in [6.45, 7) is 7.34. The van der Waals surface area contributed by atoms with Gasteiger partial charge in [-0.15, -0.1) is 11.8 Å². The Labute approximate surface area is 223 Å². The molecule has 0 radical (unpaired) electrons. The molecule has 0 spiro atoms. The molecular weight excluding hydrogens is 551 g/mol. The average molecular weight is 573 g/mol. The molecule has 0 aliphatic heterocycles. The highest BCUT2D eigenvalue weighted by Crippen LogP contribution is 2.37. The van der Waals surface area contributed by atoms with Crippen molar-refractivity contribution in [3.63, 3.8) is 0 Å². The summed E-state index contributed by atoms with van der Waals surface area (Å²) in [6, 6.07) is 19.3. The SMILES string of the molecule is CC(C)(C)Sc1ccc(-c2ccccc2)cc1.Cc1c(F)c(F)c(-c2c(F)c(F)c(F)c(F)c2F)c(F)c1F. The summed E-state index contributed by atoms with van der Waals surface area (Å²) in [5.74, 6) is -21.4. The minimum Gasteiger partial charge on any atom is -0.203 e. The van der Waals surface area contributed by atoms with Gasteiger partial charge < -0.3 is 0 Å². The van der Waals surface area contributed by atoms with Gasteiger partial charge >= 0.3 is 0 Å². The molecule has 206 valence electrons. The maximum Gasteiger partial charge on any atom is 0.200 e. The monoisotopic (exact) mass is 572 g/mol.